The second kappa shape index (κ2) is 7.76. The first-order valence-electron chi connectivity index (χ1n) is 8.35. The van der Waals surface area contributed by atoms with Crippen molar-refractivity contribution in [2.24, 2.45) is 0 Å². The Morgan fingerprint density at radius 3 is 2.52 bits per heavy atom. The Morgan fingerprint density at radius 1 is 1.03 bits per heavy atom. The summed E-state index contributed by atoms with van der Waals surface area (Å²) >= 11 is -1.74. The van der Waals surface area contributed by atoms with Crippen molar-refractivity contribution in [2.45, 2.75) is 5.71 Å². The van der Waals surface area contributed by atoms with Crippen molar-refractivity contribution >= 4 is 35.5 Å². The van der Waals surface area contributed by atoms with Crippen LogP contribution in [0, 0.1) is 0 Å². The normalized spacial score (nSPS) is 11.9. The van der Waals surface area contributed by atoms with Gasteiger partial charge in [-0.15, -0.1) is 0 Å². The average molecular weight is 451 g/mol. The molecule has 11 heteroatoms. The SMILES string of the molecule is C[As](c1ccccc1)c1nc(N)nc(-c2noc(-c3ccc(C(=O)O)nc3)n2)n1. The van der Waals surface area contributed by atoms with Crippen LogP contribution in [0.25, 0.3) is 23.1 Å². The van der Waals surface area contributed by atoms with Gasteiger partial charge in [0.05, 0.1) is 0 Å². The van der Waals surface area contributed by atoms with E-state index in [4.69, 9.17) is 15.4 Å². The summed E-state index contributed by atoms with van der Waals surface area (Å²) in [5.41, 5.74) is 8.39. The van der Waals surface area contributed by atoms with Gasteiger partial charge in [0.25, 0.3) is 0 Å². The molecule has 0 radical (unpaired) electrons. The quantitative estimate of drug-likeness (QED) is 0.410. The molecule has 144 valence electrons. The molecule has 1 unspecified atom stereocenters. The third-order valence-corrected chi connectivity index (χ3v) is 7.87. The third kappa shape index (κ3) is 3.97. The van der Waals surface area contributed by atoms with Gasteiger partial charge in [-0.2, -0.15) is 0 Å². The topological polar surface area (TPSA) is 154 Å². The van der Waals surface area contributed by atoms with Gasteiger partial charge in [-0.25, -0.2) is 0 Å². The predicted molar refractivity (Wildman–Crippen MR) is 105 cm³/mol. The van der Waals surface area contributed by atoms with E-state index in [1.807, 2.05) is 30.3 Å². The molecule has 0 aliphatic carbocycles. The summed E-state index contributed by atoms with van der Waals surface area (Å²) in [4.78, 5) is 32.0. The van der Waals surface area contributed by atoms with Gasteiger partial charge >= 0.3 is 169 Å². The minimum atomic E-state index is -1.74. The van der Waals surface area contributed by atoms with Crippen LogP contribution < -0.4 is 14.7 Å². The average Bonchev–Trinajstić information content (AvgIpc) is 3.24. The van der Waals surface area contributed by atoms with E-state index in [0.717, 1.165) is 0 Å². The Kier molecular flexibility index (Phi) is 5.01. The molecule has 3 aromatic heterocycles. The van der Waals surface area contributed by atoms with Gasteiger partial charge < -0.3 is 0 Å². The Hall–Kier alpha value is -3.65. The van der Waals surface area contributed by atoms with Gasteiger partial charge in [0.15, 0.2) is 0 Å². The van der Waals surface area contributed by atoms with E-state index in [0.29, 0.717) is 10.2 Å². The number of hydrogen-bond donors (Lipinski definition) is 2. The fourth-order valence-corrected chi connectivity index (χ4v) is 5.30. The molecule has 29 heavy (non-hydrogen) atoms. The molecule has 0 fully saturated rings. The van der Waals surface area contributed by atoms with Crippen molar-refractivity contribution in [1.29, 1.82) is 0 Å². The number of nitrogen functional groups attached to an aromatic ring is 1. The molecule has 4 aromatic rings. The number of aromatic nitrogens is 6. The summed E-state index contributed by atoms with van der Waals surface area (Å²) in [6.07, 6.45) is 1.35. The van der Waals surface area contributed by atoms with Crippen molar-refractivity contribution in [3.8, 4) is 23.1 Å². The van der Waals surface area contributed by atoms with Crippen molar-refractivity contribution in [3.05, 3.63) is 54.4 Å². The van der Waals surface area contributed by atoms with Gasteiger partial charge in [-0.3, -0.25) is 0 Å². The van der Waals surface area contributed by atoms with Crippen molar-refractivity contribution in [3.63, 3.8) is 0 Å². The fraction of sp³-hybridized carbons (Fsp3) is 0.0556. The molecule has 1 atom stereocenters. The Morgan fingerprint density at radius 2 is 1.83 bits per heavy atom. The zero-order valence-electron chi connectivity index (χ0n) is 15.1. The number of carboxylic acid groups (broad SMARTS) is 1. The number of benzene rings is 1. The molecule has 0 aliphatic heterocycles. The molecule has 4 rings (SSSR count). The first-order chi connectivity index (χ1) is 14.0. The molecular weight excluding hydrogens is 437 g/mol. The van der Waals surface area contributed by atoms with E-state index in [-0.39, 0.29) is 29.2 Å². The fourth-order valence-electron chi connectivity index (χ4n) is 2.48. The molecule has 0 saturated carbocycles. The van der Waals surface area contributed by atoms with Crippen molar-refractivity contribution < 1.29 is 14.4 Å². The molecule has 0 amide bonds. The van der Waals surface area contributed by atoms with Gasteiger partial charge in [0.2, 0.25) is 0 Å². The molecule has 10 nitrogen and oxygen atoms in total. The van der Waals surface area contributed by atoms with Gasteiger partial charge in [0.1, 0.15) is 0 Å². The molecule has 0 spiro atoms. The molecule has 0 aliphatic rings. The third-order valence-electron chi connectivity index (χ3n) is 3.94. The summed E-state index contributed by atoms with van der Waals surface area (Å²) in [6.45, 7) is 0. The Balaban J connectivity index is 1.66. The van der Waals surface area contributed by atoms with Gasteiger partial charge in [0, 0.05) is 0 Å². The maximum absolute atomic E-state index is 10.9. The first-order valence-corrected chi connectivity index (χ1v) is 12.1. The van der Waals surface area contributed by atoms with Crippen LogP contribution in [0.15, 0.2) is 53.2 Å². The van der Waals surface area contributed by atoms with Gasteiger partial charge in [-0.05, 0) is 0 Å². The van der Waals surface area contributed by atoms with Crippen LogP contribution in [-0.2, 0) is 0 Å². The van der Waals surface area contributed by atoms with Crippen LogP contribution in [-0.4, -0.2) is 55.8 Å². The van der Waals surface area contributed by atoms with E-state index in [1.165, 1.54) is 22.7 Å². The Bertz CT molecular complexity index is 1170. The number of nitrogens with zero attached hydrogens (tertiary/aromatic N) is 6. The zero-order chi connectivity index (χ0) is 20.4. The van der Waals surface area contributed by atoms with E-state index >= 15 is 0 Å². The molecule has 3 N–H and O–H groups in total. The minimum absolute atomic E-state index is 0.0801. The number of carboxylic acids is 1. The van der Waals surface area contributed by atoms with E-state index in [1.54, 1.807) is 0 Å². The monoisotopic (exact) mass is 451 g/mol. The van der Waals surface area contributed by atoms with Crippen LogP contribution in [0.1, 0.15) is 10.5 Å². The maximum atomic E-state index is 10.9. The number of nitrogens with two attached hydrogens (primary N) is 1. The molecule has 0 saturated heterocycles. The van der Waals surface area contributed by atoms with E-state index in [9.17, 15) is 4.79 Å². The number of carbonyl (C=O) groups is 1. The Labute approximate surface area is 169 Å². The van der Waals surface area contributed by atoms with Crippen molar-refractivity contribution in [1.82, 2.24) is 30.1 Å². The summed E-state index contributed by atoms with van der Waals surface area (Å²) in [7, 11) is 0. The second-order valence-electron chi connectivity index (χ2n) is 5.87. The van der Waals surface area contributed by atoms with E-state index in [2.05, 4.69) is 35.8 Å². The zero-order valence-corrected chi connectivity index (χ0v) is 17.0. The number of pyridine rings is 1. The molecular formula is C18H14AsN7O3. The number of hydrogen-bond acceptors (Lipinski definition) is 9. The summed E-state index contributed by atoms with van der Waals surface area (Å²) in [5, 5.41) is 12.8. The van der Waals surface area contributed by atoms with Crippen molar-refractivity contribution in [2.75, 3.05) is 5.73 Å². The molecule has 1 aromatic carbocycles. The number of anilines is 1. The number of rotatable bonds is 5. The summed E-state index contributed by atoms with van der Waals surface area (Å²) in [6, 6.07) is 12.9. The van der Waals surface area contributed by atoms with Crippen LogP contribution in [0.4, 0.5) is 5.95 Å². The van der Waals surface area contributed by atoms with Crippen LogP contribution in [0.5, 0.6) is 0 Å². The molecule has 3 heterocycles. The number of aromatic carboxylic acids is 1. The van der Waals surface area contributed by atoms with Gasteiger partial charge in [-0.1, -0.05) is 0 Å². The van der Waals surface area contributed by atoms with Crippen LogP contribution >= 0.6 is 0 Å². The molecule has 0 bridgehead atoms. The standard InChI is InChI=1S/C18H14AsN7O3/c1-19(11-5-3-2-4-6-11)17-23-13(24-18(20)25-17)14-22-15(29-26-14)10-7-8-12(16(27)28)21-9-10/h2-9H,1H3,(H,27,28)(H2,20,23,24,25). The first kappa shape index (κ1) is 18.7. The van der Waals surface area contributed by atoms with Crippen LogP contribution in [0.2, 0.25) is 5.71 Å². The second-order valence-corrected chi connectivity index (χ2v) is 10.1. The summed E-state index contributed by atoms with van der Waals surface area (Å²) in [5.74, 6) is -0.490. The predicted octanol–water partition coefficient (Wildman–Crippen LogP) is 0.503. The van der Waals surface area contributed by atoms with E-state index < -0.39 is 20.6 Å². The van der Waals surface area contributed by atoms with Crippen LogP contribution in [0.3, 0.4) is 0 Å². The summed E-state index contributed by atoms with van der Waals surface area (Å²) < 4.78 is 7.06.